The molecule has 21 heavy (non-hydrogen) atoms. The topological polar surface area (TPSA) is 63.4 Å². The van der Waals surface area contributed by atoms with Gasteiger partial charge >= 0.3 is 0 Å². The molecule has 0 aromatic heterocycles. The van der Waals surface area contributed by atoms with Gasteiger partial charge in [0.15, 0.2) is 0 Å². The van der Waals surface area contributed by atoms with E-state index in [1.54, 1.807) is 31.3 Å². The van der Waals surface area contributed by atoms with Gasteiger partial charge in [-0.05, 0) is 30.2 Å². The summed E-state index contributed by atoms with van der Waals surface area (Å²) < 4.78 is 26.4. The summed E-state index contributed by atoms with van der Waals surface area (Å²) in [4.78, 5) is 0.306. The van der Waals surface area contributed by atoms with Crippen LogP contribution < -0.4 is 5.73 Å². The fraction of sp³-hybridized carbons (Fsp3) is 0.250. The molecule has 2 aromatic rings. The summed E-state index contributed by atoms with van der Waals surface area (Å²) in [5.74, 6) is 0. The van der Waals surface area contributed by atoms with Gasteiger partial charge in [-0.15, -0.1) is 0 Å². The van der Waals surface area contributed by atoms with Crippen LogP contribution in [0.25, 0.3) is 0 Å². The monoisotopic (exact) mass is 304 g/mol. The van der Waals surface area contributed by atoms with Gasteiger partial charge < -0.3 is 5.73 Å². The van der Waals surface area contributed by atoms with Crippen molar-refractivity contribution >= 4 is 10.0 Å². The summed E-state index contributed by atoms with van der Waals surface area (Å²) in [5, 5.41) is 0. The molecule has 2 aromatic carbocycles. The van der Waals surface area contributed by atoms with Crippen LogP contribution in [0.3, 0.4) is 0 Å². The first-order valence-electron chi connectivity index (χ1n) is 6.75. The lowest BCUT2D eigenvalue weighted by Crippen LogP contribution is -2.27. The summed E-state index contributed by atoms with van der Waals surface area (Å²) in [5.41, 5.74) is 8.62. The molecule has 0 heterocycles. The van der Waals surface area contributed by atoms with E-state index in [-0.39, 0.29) is 0 Å². The lowest BCUT2D eigenvalue weighted by Gasteiger charge is -2.19. The first kappa shape index (κ1) is 15.7. The zero-order valence-corrected chi connectivity index (χ0v) is 13.1. The standard InChI is InChI=1S/C16H20N2O2S/c1-13-7-9-16(10-8-13)21(19,20)18(2)12-15-6-4-3-5-14(15)11-17/h3-10H,11-12,17H2,1-2H3. The van der Waals surface area contributed by atoms with Crippen molar-refractivity contribution in [2.75, 3.05) is 7.05 Å². The summed E-state index contributed by atoms with van der Waals surface area (Å²) >= 11 is 0. The molecule has 0 atom stereocenters. The van der Waals surface area contributed by atoms with Crippen molar-refractivity contribution in [3.8, 4) is 0 Å². The second-order valence-electron chi connectivity index (χ2n) is 5.05. The van der Waals surface area contributed by atoms with Crippen LogP contribution in [0.15, 0.2) is 53.4 Å². The summed E-state index contributed by atoms with van der Waals surface area (Å²) in [6, 6.07) is 14.5. The number of benzene rings is 2. The molecule has 0 aliphatic rings. The van der Waals surface area contributed by atoms with E-state index in [9.17, 15) is 8.42 Å². The zero-order chi connectivity index (χ0) is 15.5. The molecule has 112 valence electrons. The normalized spacial score (nSPS) is 11.8. The van der Waals surface area contributed by atoms with Crippen LogP contribution in [-0.2, 0) is 23.1 Å². The number of nitrogens with zero attached hydrogens (tertiary/aromatic N) is 1. The Morgan fingerprint density at radius 1 is 1.00 bits per heavy atom. The molecule has 0 bridgehead atoms. The van der Waals surface area contributed by atoms with E-state index in [1.807, 2.05) is 31.2 Å². The van der Waals surface area contributed by atoms with Crippen LogP contribution in [0.2, 0.25) is 0 Å². The van der Waals surface area contributed by atoms with Crippen molar-refractivity contribution < 1.29 is 8.42 Å². The summed E-state index contributed by atoms with van der Waals surface area (Å²) in [6.07, 6.45) is 0. The molecule has 0 saturated carbocycles. The van der Waals surface area contributed by atoms with Crippen LogP contribution in [0.5, 0.6) is 0 Å². The van der Waals surface area contributed by atoms with Crippen LogP contribution in [0.4, 0.5) is 0 Å². The molecule has 0 fully saturated rings. The van der Waals surface area contributed by atoms with E-state index in [0.717, 1.165) is 16.7 Å². The average molecular weight is 304 g/mol. The van der Waals surface area contributed by atoms with Gasteiger partial charge in [-0.1, -0.05) is 42.0 Å². The second-order valence-corrected chi connectivity index (χ2v) is 7.09. The maximum absolute atomic E-state index is 12.5. The quantitative estimate of drug-likeness (QED) is 0.921. The number of hydrogen-bond donors (Lipinski definition) is 1. The molecule has 4 nitrogen and oxygen atoms in total. The first-order valence-corrected chi connectivity index (χ1v) is 8.19. The van der Waals surface area contributed by atoms with Crippen LogP contribution in [-0.4, -0.2) is 19.8 Å². The minimum atomic E-state index is -3.49. The highest BCUT2D eigenvalue weighted by molar-refractivity contribution is 7.89. The van der Waals surface area contributed by atoms with Crippen molar-refractivity contribution in [3.63, 3.8) is 0 Å². The third-order valence-electron chi connectivity index (χ3n) is 3.46. The Labute approximate surface area is 126 Å². The molecule has 2 rings (SSSR count). The van der Waals surface area contributed by atoms with Crippen molar-refractivity contribution in [1.29, 1.82) is 0 Å². The highest BCUT2D eigenvalue weighted by Gasteiger charge is 2.21. The van der Waals surface area contributed by atoms with Crippen LogP contribution in [0, 0.1) is 6.92 Å². The molecule has 2 N–H and O–H groups in total. The van der Waals surface area contributed by atoms with Crippen molar-refractivity contribution in [2.45, 2.75) is 24.9 Å². The van der Waals surface area contributed by atoms with Gasteiger partial charge in [0.2, 0.25) is 10.0 Å². The van der Waals surface area contributed by atoms with E-state index in [0.29, 0.717) is 18.0 Å². The minimum Gasteiger partial charge on any atom is -0.326 e. The smallest absolute Gasteiger partial charge is 0.243 e. The number of sulfonamides is 1. The van der Waals surface area contributed by atoms with E-state index >= 15 is 0 Å². The first-order chi connectivity index (χ1) is 9.95. The van der Waals surface area contributed by atoms with Crippen molar-refractivity contribution in [2.24, 2.45) is 5.73 Å². The molecule has 0 amide bonds. The van der Waals surface area contributed by atoms with E-state index in [4.69, 9.17) is 5.73 Å². The Morgan fingerprint density at radius 3 is 2.14 bits per heavy atom. The molecule has 0 saturated heterocycles. The van der Waals surface area contributed by atoms with Gasteiger partial charge in [-0.25, -0.2) is 8.42 Å². The number of nitrogens with two attached hydrogens (primary N) is 1. The number of hydrogen-bond acceptors (Lipinski definition) is 3. The molecule has 5 heteroatoms. The Hall–Kier alpha value is -1.69. The largest absolute Gasteiger partial charge is 0.326 e. The van der Waals surface area contributed by atoms with Gasteiger partial charge in [0.05, 0.1) is 4.90 Å². The van der Waals surface area contributed by atoms with Crippen LogP contribution >= 0.6 is 0 Å². The fourth-order valence-corrected chi connectivity index (χ4v) is 3.27. The maximum atomic E-state index is 12.5. The van der Waals surface area contributed by atoms with Crippen molar-refractivity contribution in [3.05, 3.63) is 65.2 Å². The van der Waals surface area contributed by atoms with Crippen LogP contribution in [0.1, 0.15) is 16.7 Å². The Balaban J connectivity index is 2.26. The molecule has 0 aliphatic heterocycles. The number of aryl methyl sites for hydroxylation is 1. The summed E-state index contributed by atoms with van der Waals surface area (Å²) in [7, 11) is -1.90. The highest BCUT2D eigenvalue weighted by Crippen LogP contribution is 2.18. The molecular formula is C16H20N2O2S. The fourth-order valence-electron chi connectivity index (χ4n) is 2.13. The third kappa shape index (κ3) is 3.50. The third-order valence-corrected chi connectivity index (χ3v) is 5.28. The predicted molar refractivity (Wildman–Crippen MR) is 84.2 cm³/mol. The Bertz CT molecular complexity index is 709. The van der Waals surface area contributed by atoms with Gasteiger partial charge in [-0.3, -0.25) is 0 Å². The van der Waals surface area contributed by atoms with Gasteiger partial charge in [0.1, 0.15) is 0 Å². The predicted octanol–water partition coefficient (Wildman–Crippen LogP) is 2.27. The minimum absolute atomic E-state index is 0.306. The van der Waals surface area contributed by atoms with E-state index < -0.39 is 10.0 Å². The Morgan fingerprint density at radius 2 is 1.57 bits per heavy atom. The molecule has 0 spiro atoms. The van der Waals surface area contributed by atoms with Gasteiger partial charge in [0.25, 0.3) is 0 Å². The lowest BCUT2D eigenvalue weighted by atomic mass is 10.1. The second kappa shape index (κ2) is 6.39. The highest BCUT2D eigenvalue weighted by atomic mass is 32.2. The lowest BCUT2D eigenvalue weighted by molar-refractivity contribution is 0.465. The van der Waals surface area contributed by atoms with Crippen molar-refractivity contribution in [1.82, 2.24) is 4.31 Å². The Kier molecular flexibility index (Phi) is 4.77. The molecule has 0 radical (unpaired) electrons. The molecular weight excluding hydrogens is 284 g/mol. The SMILES string of the molecule is Cc1ccc(S(=O)(=O)N(C)Cc2ccccc2CN)cc1. The molecule has 0 aliphatic carbocycles. The number of rotatable bonds is 5. The zero-order valence-electron chi connectivity index (χ0n) is 12.3. The average Bonchev–Trinajstić information content (AvgIpc) is 2.48. The molecule has 0 unspecified atom stereocenters. The van der Waals surface area contributed by atoms with E-state index in [2.05, 4.69) is 0 Å². The van der Waals surface area contributed by atoms with Gasteiger partial charge in [0, 0.05) is 20.1 Å². The van der Waals surface area contributed by atoms with Gasteiger partial charge in [-0.2, -0.15) is 4.31 Å². The summed E-state index contributed by atoms with van der Waals surface area (Å²) in [6.45, 7) is 2.63. The van der Waals surface area contributed by atoms with E-state index in [1.165, 1.54) is 4.31 Å². The maximum Gasteiger partial charge on any atom is 0.243 e.